The normalized spacial score (nSPS) is 14.4. The lowest BCUT2D eigenvalue weighted by molar-refractivity contribution is 0.251. The zero-order valence-corrected chi connectivity index (χ0v) is 17.3. The van der Waals surface area contributed by atoms with Gasteiger partial charge in [-0.1, -0.05) is 36.4 Å². The molecular weight excluding hydrogens is 370 g/mol. The van der Waals surface area contributed by atoms with Crippen LogP contribution in [0, 0.1) is 0 Å². The number of nitrogens with zero attached hydrogens (tertiary/aromatic N) is 1. The van der Waals surface area contributed by atoms with Crippen LogP contribution in [-0.4, -0.2) is 50.4 Å². The third-order valence-electron chi connectivity index (χ3n) is 4.64. The van der Waals surface area contributed by atoms with E-state index in [1.807, 2.05) is 36.4 Å². The summed E-state index contributed by atoms with van der Waals surface area (Å²) in [5, 5.41) is 5.95. The highest BCUT2D eigenvalue weighted by Gasteiger charge is 2.18. The lowest BCUT2D eigenvalue weighted by atomic mass is 10.00. The van der Waals surface area contributed by atoms with Gasteiger partial charge < -0.3 is 15.5 Å². The van der Waals surface area contributed by atoms with Crippen LogP contribution in [0.5, 0.6) is 0 Å². The number of hydrazine groups is 1. The summed E-state index contributed by atoms with van der Waals surface area (Å²) < 4.78 is 0. The van der Waals surface area contributed by atoms with Crippen LogP contribution >= 0.6 is 11.8 Å². The number of thioether (sulfide) groups is 1. The molecule has 0 aliphatic carbocycles. The predicted octanol–water partition coefficient (Wildman–Crippen LogP) is 2.85. The molecule has 0 spiro atoms. The van der Waals surface area contributed by atoms with Gasteiger partial charge in [0.1, 0.15) is 0 Å². The Hall–Kier alpha value is -2.06. The maximum absolute atomic E-state index is 12.4. The molecule has 1 saturated heterocycles. The average Bonchev–Trinajstić information content (AvgIpc) is 3.23. The summed E-state index contributed by atoms with van der Waals surface area (Å²) >= 11 is 1.78. The largest absolute Gasteiger partial charge is 0.334 e. The first-order chi connectivity index (χ1) is 13.6. The highest BCUT2D eigenvalue weighted by Crippen LogP contribution is 2.31. The third-order valence-corrected chi connectivity index (χ3v) is 5.67. The number of carbonyl (C=O) groups excluding carboxylic acids is 1. The smallest absolute Gasteiger partial charge is 0.319 e. The van der Waals surface area contributed by atoms with E-state index in [2.05, 4.69) is 52.6 Å². The van der Waals surface area contributed by atoms with Gasteiger partial charge in [0.15, 0.2) is 0 Å². The second-order valence-corrected chi connectivity index (χ2v) is 8.30. The second kappa shape index (κ2) is 10.5. The molecule has 0 bridgehead atoms. The van der Waals surface area contributed by atoms with Gasteiger partial charge in [-0.3, -0.25) is 10.9 Å². The maximum atomic E-state index is 12.4. The van der Waals surface area contributed by atoms with E-state index in [4.69, 9.17) is 0 Å². The third kappa shape index (κ3) is 6.24. The van der Waals surface area contributed by atoms with Crippen molar-refractivity contribution >= 4 is 23.5 Å². The van der Waals surface area contributed by atoms with Gasteiger partial charge in [-0.25, -0.2) is 4.79 Å². The first-order valence-electron chi connectivity index (χ1n) is 9.58. The van der Waals surface area contributed by atoms with Crippen molar-refractivity contribution in [2.75, 3.05) is 44.8 Å². The highest BCUT2D eigenvalue weighted by atomic mass is 32.2. The standard InChI is InChI=1S/C21H29N5OS/c1-26(2)10-11-28-20-12-17(18-14-23-24-15-18)8-9-19(20)25-21(27)22-13-16-6-4-3-5-7-16/h3-9,12,18,23-24H,10-11,13-15H2,1-2H3,(H2,22,25,27). The molecule has 6 nitrogen and oxygen atoms in total. The minimum atomic E-state index is -0.185. The number of urea groups is 1. The van der Waals surface area contributed by atoms with E-state index < -0.39 is 0 Å². The van der Waals surface area contributed by atoms with Crippen molar-refractivity contribution in [3.8, 4) is 0 Å². The minimum absolute atomic E-state index is 0.185. The van der Waals surface area contributed by atoms with Crippen LogP contribution in [0.1, 0.15) is 17.0 Å². The topological polar surface area (TPSA) is 68.4 Å². The molecular formula is C21H29N5OS. The molecule has 7 heteroatoms. The van der Waals surface area contributed by atoms with Crippen molar-refractivity contribution in [2.24, 2.45) is 0 Å². The summed E-state index contributed by atoms with van der Waals surface area (Å²) in [4.78, 5) is 15.7. The van der Waals surface area contributed by atoms with Crippen molar-refractivity contribution in [3.63, 3.8) is 0 Å². The van der Waals surface area contributed by atoms with Crippen LogP contribution < -0.4 is 21.5 Å². The van der Waals surface area contributed by atoms with Gasteiger partial charge in [0, 0.05) is 42.7 Å². The highest BCUT2D eigenvalue weighted by molar-refractivity contribution is 7.99. The van der Waals surface area contributed by atoms with E-state index in [1.54, 1.807) is 11.8 Å². The molecule has 0 atom stereocenters. The molecule has 1 aliphatic heterocycles. The van der Waals surface area contributed by atoms with Crippen LogP contribution in [0.25, 0.3) is 0 Å². The molecule has 3 rings (SSSR count). The Kier molecular flexibility index (Phi) is 7.73. The fraction of sp³-hybridized carbons (Fsp3) is 0.381. The van der Waals surface area contributed by atoms with Crippen LogP contribution in [0.4, 0.5) is 10.5 Å². The van der Waals surface area contributed by atoms with E-state index in [0.717, 1.165) is 41.5 Å². The van der Waals surface area contributed by atoms with Crippen LogP contribution in [0.3, 0.4) is 0 Å². The monoisotopic (exact) mass is 399 g/mol. The molecule has 28 heavy (non-hydrogen) atoms. The quantitative estimate of drug-likeness (QED) is 0.514. The maximum Gasteiger partial charge on any atom is 0.319 e. The van der Waals surface area contributed by atoms with E-state index in [-0.39, 0.29) is 6.03 Å². The van der Waals surface area contributed by atoms with E-state index in [1.165, 1.54) is 5.56 Å². The molecule has 0 unspecified atom stereocenters. The Morgan fingerprint density at radius 2 is 1.89 bits per heavy atom. The Labute approximate surface area is 171 Å². The molecule has 2 amide bonds. The Morgan fingerprint density at radius 3 is 2.61 bits per heavy atom. The zero-order valence-electron chi connectivity index (χ0n) is 16.5. The second-order valence-electron chi connectivity index (χ2n) is 7.16. The Bertz CT molecular complexity index is 763. The van der Waals surface area contributed by atoms with Crippen molar-refractivity contribution in [2.45, 2.75) is 17.4 Å². The number of hydrogen-bond donors (Lipinski definition) is 4. The van der Waals surface area contributed by atoms with Crippen LogP contribution in [-0.2, 0) is 6.54 Å². The molecule has 2 aromatic carbocycles. The number of rotatable bonds is 8. The predicted molar refractivity (Wildman–Crippen MR) is 117 cm³/mol. The van der Waals surface area contributed by atoms with Gasteiger partial charge in [0.2, 0.25) is 0 Å². The zero-order chi connectivity index (χ0) is 19.8. The molecule has 4 N–H and O–H groups in total. The molecule has 1 heterocycles. The summed E-state index contributed by atoms with van der Waals surface area (Å²) in [6, 6.07) is 16.1. The van der Waals surface area contributed by atoms with Gasteiger partial charge in [0.05, 0.1) is 5.69 Å². The molecule has 0 saturated carbocycles. The minimum Gasteiger partial charge on any atom is -0.334 e. The summed E-state index contributed by atoms with van der Waals surface area (Å²) in [5.74, 6) is 1.42. The lowest BCUT2D eigenvalue weighted by Crippen LogP contribution is -2.28. The number of carbonyl (C=O) groups is 1. The number of nitrogens with one attached hydrogen (secondary N) is 4. The Morgan fingerprint density at radius 1 is 1.14 bits per heavy atom. The number of amides is 2. The fourth-order valence-corrected chi connectivity index (χ4v) is 4.17. The van der Waals surface area contributed by atoms with Crippen LogP contribution in [0.2, 0.25) is 0 Å². The summed E-state index contributed by atoms with van der Waals surface area (Å²) in [6.45, 7) is 3.34. The number of benzene rings is 2. The van der Waals surface area contributed by atoms with Crippen LogP contribution in [0.15, 0.2) is 53.4 Å². The molecule has 150 valence electrons. The molecule has 1 fully saturated rings. The molecule has 0 aromatic heterocycles. The van der Waals surface area contributed by atoms with Gasteiger partial charge in [-0.15, -0.1) is 11.8 Å². The van der Waals surface area contributed by atoms with Crippen molar-refractivity contribution < 1.29 is 4.79 Å². The van der Waals surface area contributed by atoms with Crippen molar-refractivity contribution in [1.29, 1.82) is 0 Å². The van der Waals surface area contributed by atoms with E-state index in [9.17, 15) is 4.79 Å². The molecule has 0 radical (unpaired) electrons. The summed E-state index contributed by atoms with van der Waals surface area (Å²) in [6.07, 6.45) is 0. The van der Waals surface area contributed by atoms with Crippen molar-refractivity contribution in [1.82, 2.24) is 21.1 Å². The van der Waals surface area contributed by atoms with Gasteiger partial charge in [-0.2, -0.15) is 0 Å². The van der Waals surface area contributed by atoms with E-state index >= 15 is 0 Å². The Balaban J connectivity index is 1.65. The fourth-order valence-electron chi connectivity index (χ4n) is 3.00. The number of anilines is 1. The first-order valence-corrected chi connectivity index (χ1v) is 10.6. The van der Waals surface area contributed by atoms with E-state index in [0.29, 0.717) is 12.5 Å². The lowest BCUT2D eigenvalue weighted by Gasteiger charge is -2.16. The number of hydrogen-bond acceptors (Lipinski definition) is 5. The van der Waals surface area contributed by atoms with Crippen molar-refractivity contribution in [3.05, 3.63) is 59.7 Å². The van der Waals surface area contributed by atoms with Gasteiger partial charge in [-0.05, 0) is 37.4 Å². The summed E-state index contributed by atoms with van der Waals surface area (Å²) in [7, 11) is 4.14. The average molecular weight is 400 g/mol. The summed E-state index contributed by atoms with van der Waals surface area (Å²) in [5.41, 5.74) is 9.60. The first kappa shape index (κ1) is 20.7. The molecule has 2 aromatic rings. The SMILES string of the molecule is CN(C)CCSc1cc(C2CNNC2)ccc1NC(=O)NCc1ccccc1. The van der Waals surface area contributed by atoms with Gasteiger partial charge >= 0.3 is 6.03 Å². The van der Waals surface area contributed by atoms with Gasteiger partial charge in [0.25, 0.3) is 0 Å². The molecule has 1 aliphatic rings.